The quantitative estimate of drug-likeness (QED) is 0.0707. The van der Waals surface area contributed by atoms with Crippen molar-refractivity contribution in [3.05, 3.63) is 0 Å². The molecule has 0 bridgehead atoms. The maximum Gasteiger partial charge on any atom is 0.305 e. The van der Waals surface area contributed by atoms with Gasteiger partial charge in [-0.2, -0.15) is 0 Å². The number of methoxy groups -OCH3 is 1. The van der Waals surface area contributed by atoms with E-state index < -0.39 is 25.0 Å². The molecule has 0 aromatic heterocycles. The number of ether oxygens (including phenoxy) is 1. The third-order valence-electron chi connectivity index (χ3n) is 5.94. The van der Waals surface area contributed by atoms with Crippen molar-refractivity contribution in [3.8, 4) is 0 Å². The number of carbonyl (C=O) groups is 1. The number of unbranched alkanes of at least 4 members (excludes halogenated alkanes) is 9. The lowest BCUT2D eigenvalue weighted by Crippen LogP contribution is -2.44. The molecule has 2 atom stereocenters. The summed E-state index contributed by atoms with van der Waals surface area (Å²) in [6.45, 7) is 21.5. The van der Waals surface area contributed by atoms with Crippen LogP contribution in [0.2, 0.25) is 58.9 Å². The minimum atomic E-state index is -1.67. The van der Waals surface area contributed by atoms with Crippen molar-refractivity contribution in [1.29, 1.82) is 0 Å². The zero-order valence-electron chi connectivity index (χ0n) is 25.8. The van der Waals surface area contributed by atoms with Gasteiger partial charge in [-0.3, -0.25) is 4.79 Å². The highest BCUT2D eigenvalue weighted by Crippen LogP contribution is 2.25. The Balaban J connectivity index is 4.58. The standard InChI is InChI=1S/C28H62O5Si3/c1-30-28(29)24-20-16-13-15-19-23-27(33-36(8,9)10)26(32-35(5,6)7)22-18-14-11-12-17-21-25-31-34(2,3)4/h26-27H,11-25H2,1-10H3. The van der Waals surface area contributed by atoms with E-state index in [2.05, 4.69) is 58.9 Å². The molecule has 0 radical (unpaired) electrons. The molecule has 8 heteroatoms. The summed E-state index contributed by atoms with van der Waals surface area (Å²) >= 11 is 0. The molecule has 36 heavy (non-hydrogen) atoms. The molecular weight excluding hydrogens is 501 g/mol. The van der Waals surface area contributed by atoms with Crippen LogP contribution in [0.3, 0.4) is 0 Å². The van der Waals surface area contributed by atoms with E-state index in [1.54, 1.807) is 0 Å². The van der Waals surface area contributed by atoms with Gasteiger partial charge in [-0.05, 0) is 84.6 Å². The first-order chi connectivity index (χ1) is 16.6. The molecule has 0 aromatic carbocycles. The zero-order valence-corrected chi connectivity index (χ0v) is 28.8. The summed E-state index contributed by atoms with van der Waals surface area (Å²) in [5.74, 6) is -0.0963. The molecular formula is C28H62O5Si3. The smallest absolute Gasteiger partial charge is 0.305 e. The molecule has 216 valence electrons. The summed E-state index contributed by atoms with van der Waals surface area (Å²) in [7, 11) is -3.23. The Morgan fingerprint density at radius 3 is 1.33 bits per heavy atom. The summed E-state index contributed by atoms with van der Waals surface area (Å²) in [5.41, 5.74) is 0. The van der Waals surface area contributed by atoms with Crippen molar-refractivity contribution >= 4 is 30.9 Å². The van der Waals surface area contributed by atoms with Crippen molar-refractivity contribution < 1.29 is 22.8 Å². The van der Waals surface area contributed by atoms with Crippen LogP contribution >= 0.6 is 0 Å². The number of carbonyl (C=O) groups excluding carboxylic acids is 1. The first-order valence-corrected chi connectivity index (χ1v) is 24.9. The normalized spacial score (nSPS) is 14.6. The van der Waals surface area contributed by atoms with Gasteiger partial charge < -0.3 is 18.0 Å². The van der Waals surface area contributed by atoms with Gasteiger partial charge in [-0.15, -0.1) is 0 Å². The van der Waals surface area contributed by atoms with Crippen LogP contribution < -0.4 is 0 Å². The third-order valence-corrected chi connectivity index (χ3v) is 9.03. The summed E-state index contributed by atoms with van der Waals surface area (Å²) in [4.78, 5) is 11.3. The van der Waals surface area contributed by atoms with Crippen molar-refractivity contribution in [3.63, 3.8) is 0 Å². The van der Waals surface area contributed by atoms with E-state index in [0.717, 1.165) is 32.3 Å². The van der Waals surface area contributed by atoms with Crippen molar-refractivity contribution in [2.24, 2.45) is 0 Å². The predicted octanol–water partition coefficient (Wildman–Crippen LogP) is 8.91. The number of rotatable bonds is 23. The second kappa shape index (κ2) is 19.1. The third kappa shape index (κ3) is 24.3. The van der Waals surface area contributed by atoms with Gasteiger partial charge in [0.25, 0.3) is 0 Å². The fourth-order valence-electron chi connectivity index (χ4n) is 4.33. The van der Waals surface area contributed by atoms with Crippen LogP contribution in [0.4, 0.5) is 0 Å². The van der Waals surface area contributed by atoms with E-state index in [1.807, 2.05) is 0 Å². The molecule has 0 aliphatic heterocycles. The highest BCUT2D eigenvalue weighted by molar-refractivity contribution is 6.70. The van der Waals surface area contributed by atoms with Crippen LogP contribution in [0.25, 0.3) is 0 Å². The molecule has 0 fully saturated rings. The van der Waals surface area contributed by atoms with Crippen LogP contribution in [-0.4, -0.2) is 56.8 Å². The van der Waals surface area contributed by atoms with Crippen LogP contribution in [0.5, 0.6) is 0 Å². The molecule has 0 rings (SSSR count). The Kier molecular flexibility index (Phi) is 19.1. The average Bonchev–Trinajstić information content (AvgIpc) is 2.73. The number of esters is 1. The first kappa shape index (κ1) is 36.0. The maximum atomic E-state index is 11.3. The van der Waals surface area contributed by atoms with Crippen LogP contribution in [0, 0.1) is 0 Å². The molecule has 0 aliphatic carbocycles. The fourth-order valence-corrected chi connectivity index (χ4v) is 7.44. The largest absolute Gasteiger partial charge is 0.469 e. The monoisotopic (exact) mass is 562 g/mol. The lowest BCUT2D eigenvalue weighted by atomic mass is 9.99. The van der Waals surface area contributed by atoms with Crippen molar-refractivity contribution in [1.82, 2.24) is 0 Å². The highest BCUT2D eigenvalue weighted by atomic mass is 28.4. The lowest BCUT2D eigenvalue weighted by molar-refractivity contribution is -0.140. The predicted molar refractivity (Wildman–Crippen MR) is 162 cm³/mol. The zero-order chi connectivity index (χ0) is 27.7. The van der Waals surface area contributed by atoms with Crippen molar-refractivity contribution in [2.45, 2.75) is 161 Å². The summed E-state index contributed by atoms with van der Waals surface area (Å²) in [6.07, 6.45) is 16.3. The number of hydrogen-bond donors (Lipinski definition) is 0. The van der Waals surface area contributed by atoms with E-state index in [0.29, 0.717) is 6.42 Å². The molecule has 5 nitrogen and oxygen atoms in total. The van der Waals surface area contributed by atoms with Crippen LogP contribution in [0.15, 0.2) is 0 Å². The van der Waals surface area contributed by atoms with E-state index in [-0.39, 0.29) is 18.2 Å². The van der Waals surface area contributed by atoms with Gasteiger partial charge in [0.05, 0.1) is 19.3 Å². The highest BCUT2D eigenvalue weighted by Gasteiger charge is 2.31. The Morgan fingerprint density at radius 1 is 0.556 bits per heavy atom. The van der Waals surface area contributed by atoms with Gasteiger partial charge >= 0.3 is 5.97 Å². The Hall–Kier alpha value is 0.000649. The van der Waals surface area contributed by atoms with E-state index in [4.69, 9.17) is 18.0 Å². The molecule has 0 amide bonds. The maximum absolute atomic E-state index is 11.3. The first-order valence-electron chi connectivity index (χ1n) is 14.7. The van der Waals surface area contributed by atoms with Gasteiger partial charge in [0.15, 0.2) is 25.0 Å². The summed E-state index contributed by atoms with van der Waals surface area (Å²) in [5, 5.41) is 0. The summed E-state index contributed by atoms with van der Waals surface area (Å²) in [6, 6.07) is 0. The van der Waals surface area contributed by atoms with Gasteiger partial charge in [-0.1, -0.05) is 57.8 Å². The molecule has 0 saturated heterocycles. The van der Waals surface area contributed by atoms with Gasteiger partial charge in [0.2, 0.25) is 0 Å². The average molecular weight is 563 g/mol. The van der Waals surface area contributed by atoms with Gasteiger partial charge in [-0.25, -0.2) is 0 Å². The van der Waals surface area contributed by atoms with Crippen LogP contribution in [-0.2, 0) is 22.8 Å². The van der Waals surface area contributed by atoms with Crippen LogP contribution in [0.1, 0.15) is 89.9 Å². The SMILES string of the molecule is COC(=O)CCCCCCCC(O[Si](C)(C)C)C(CCCCCCCCO[Si](C)(C)C)O[Si](C)(C)C. The molecule has 0 saturated carbocycles. The fraction of sp³-hybridized carbons (Fsp3) is 0.964. The Morgan fingerprint density at radius 2 is 0.944 bits per heavy atom. The minimum absolute atomic E-state index is 0.0963. The minimum Gasteiger partial charge on any atom is -0.469 e. The van der Waals surface area contributed by atoms with E-state index in [1.165, 1.54) is 64.9 Å². The van der Waals surface area contributed by atoms with E-state index in [9.17, 15) is 4.79 Å². The van der Waals surface area contributed by atoms with Gasteiger partial charge in [0, 0.05) is 13.0 Å². The lowest BCUT2D eigenvalue weighted by Gasteiger charge is -2.36. The van der Waals surface area contributed by atoms with Crippen molar-refractivity contribution in [2.75, 3.05) is 13.7 Å². The van der Waals surface area contributed by atoms with Gasteiger partial charge in [0.1, 0.15) is 0 Å². The Bertz CT molecular complexity index is 553. The second-order valence-corrected chi connectivity index (χ2v) is 26.7. The Labute approximate surface area is 228 Å². The topological polar surface area (TPSA) is 54.0 Å². The molecule has 0 aromatic rings. The van der Waals surface area contributed by atoms with E-state index >= 15 is 0 Å². The molecule has 0 spiro atoms. The molecule has 0 aliphatic rings. The molecule has 0 N–H and O–H groups in total. The molecule has 2 unspecified atom stereocenters. The summed E-state index contributed by atoms with van der Waals surface area (Å²) < 4.78 is 24.2. The number of hydrogen-bond acceptors (Lipinski definition) is 5. The molecule has 0 heterocycles. The second-order valence-electron chi connectivity index (χ2n) is 13.3.